The van der Waals surface area contributed by atoms with E-state index in [1.54, 1.807) is 41.5 Å². The molecule has 0 spiro atoms. The zero-order valence-corrected chi connectivity index (χ0v) is 23.6. The number of ether oxygens (including phenoxy) is 3. The highest BCUT2D eigenvalue weighted by atomic mass is 19.4. The summed E-state index contributed by atoms with van der Waals surface area (Å²) in [6, 6.07) is 8.42. The molecule has 2 atom stereocenters. The number of amides is 2. The van der Waals surface area contributed by atoms with Gasteiger partial charge in [-0.05, 0) is 90.1 Å². The number of carbonyl (C=O) groups is 4. The van der Waals surface area contributed by atoms with Gasteiger partial charge in [0.05, 0.1) is 17.7 Å². The maximum absolute atomic E-state index is 12.8. The fourth-order valence-electron chi connectivity index (χ4n) is 3.92. The zero-order chi connectivity index (χ0) is 30.8. The summed E-state index contributed by atoms with van der Waals surface area (Å²) < 4.78 is 54.7. The summed E-state index contributed by atoms with van der Waals surface area (Å²) in [5.74, 6) is -1.99. The van der Waals surface area contributed by atoms with Crippen LogP contribution >= 0.6 is 0 Å². The Morgan fingerprint density at radius 1 is 0.805 bits per heavy atom. The fourth-order valence-corrected chi connectivity index (χ4v) is 3.92. The molecule has 2 amide bonds. The Morgan fingerprint density at radius 2 is 1.34 bits per heavy atom. The van der Waals surface area contributed by atoms with Gasteiger partial charge in [0, 0.05) is 17.7 Å². The number of carbonyl (C=O) groups excluding carboxylic acids is 4. The number of hydrogen-bond acceptors (Lipinski definition) is 7. The van der Waals surface area contributed by atoms with Crippen molar-refractivity contribution in [1.29, 1.82) is 0 Å². The lowest BCUT2D eigenvalue weighted by molar-refractivity contribution is -0.160. The molecule has 0 aromatic heterocycles. The molecule has 0 saturated carbocycles. The van der Waals surface area contributed by atoms with Gasteiger partial charge < -0.3 is 19.5 Å². The minimum absolute atomic E-state index is 0.0150. The second-order valence-electron chi connectivity index (χ2n) is 11.6. The van der Waals surface area contributed by atoms with Gasteiger partial charge in [-0.25, -0.2) is 14.4 Å². The van der Waals surface area contributed by atoms with E-state index in [-0.39, 0.29) is 24.1 Å². The molecule has 3 rings (SSSR count). The van der Waals surface area contributed by atoms with Gasteiger partial charge in [0.15, 0.2) is 0 Å². The lowest BCUT2D eigenvalue weighted by atomic mass is 10.1. The monoisotopic (exact) mass is 578 g/mol. The van der Waals surface area contributed by atoms with Gasteiger partial charge in [-0.2, -0.15) is 13.2 Å². The highest BCUT2D eigenvalue weighted by Gasteiger charge is 2.45. The Hall–Kier alpha value is -4.09. The van der Waals surface area contributed by atoms with Gasteiger partial charge >= 0.3 is 24.2 Å². The Balaban J connectivity index is 1.65. The van der Waals surface area contributed by atoms with Gasteiger partial charge in [0.1, 0.15) is 23.3 Å². The Kier molecular flexibility index (Phi) is 9.04. The minimum Gasteiger partial charge on any atom is -0.458 e. The number of benzene rings is 2. The number of nitrogens with one attached hydrogen (secondary N) is 1. The van der Waals surface area contributed by atoms with Crippen molar-refractivity contribution in [1.82, 2.24) is 4.90 Å². The topological polar surface area (TPSA) is 111 Å². The van der Waals surface area contributed by atoms with E-state index in [1.165, 1.54) is 29.2 Å². The molecule has 0 unspecified atom stereocenters. The fraction of sp³-hybridized carbons (Fsp3) is 0.448. The van der Waals surface area contributed by atoms with E-state index < -0.39 is 59.0 Å². The van der Waals surface area contributed by atoms with E-state index in [0.29, 0.717) is 5.69 Å². The number of halogens is 3. The SMILES string of the molecule is CC(C)(C)OC(=O)[C@@H]1C[C@H](OC(=O)c2ccc(NC(=O)c3ccc(C(F)(F)F)cc3)cc2)CN1C(=O)OC(C)(C)C. The molecule has 9 nitrogen and oxygen atoms in total. The predicted octanol–water partition coefficient (Wildman–Crippen LogP) is 5.83. The van der Waals surface area contributed by atoms with E-state index >= 15 is 0 Å². The molecule has 1 saturated heterocycles. The van der Waals surface area contributed by atoms with Crippen molar-refractivity contribution in [3.8, 4) is 0 Å². The van der Waals surface area contributed by atoms with Crippen molar-refractivity contribution in [3.63, 3.8) is 0 Å². The molecule has 0 radical (unpaired) electrons. The van der Waals surface area contributed by atoms with Crippen LogP contribution in [0.15, 0.2) is 48.5 Å². The maximum Gasteiger partial charge on any atom is 0.416 e. The normalized spacial score (nSPS) is 17.5. The van der Waals surface area contributed by atoms with Crippen molar-refractivity contribution in [2.45, 2.75) is 77.5 Å². The van der Waals surface area contributed by atoms with Crippen LogP contribution in [0.2, 0.25) is 0 Å². The van der Waals surface area contributed by atoms with Gasteiger partial charge in [-0.3, -0.25) is 9.69 Å². The number of anilines is 1. The Morgan fingerprint density at radius 3 is 1.85 bits per heavy atom. The third kappa shape index (κ3) is 8.95. The van der Waals surface area contributed by atoms with Crippen LogP contribution in [0, 0.1) is 0 Å². The van der Waals surface area contributed by atoms with Gasteiger partial charge in [-0.15, -0.1) is 0 Å². The maximum atomic E-state index is 12.8. The third-order valence-corrected chi connectivity index (χ3v) is 5.70. The van der Waals surface area contributed by atoms with Crippen molar-refractivity contribution >= 4 is 29.6 Å². The first-order valence-electron chi connectivity index (χ1n) is 12.8. The van der Waals surface area contributed by atoms with Crippen LogP contribution in [-0.2, 0) is 25.2 Å². The van der Waals surface area contributed by atoms with Crippen molar-refractivity contribution in [2.75, 3.05) is 11.9 Å². The predicted molar refractivity (Wildman–Crippen MR) is 142 cm³/mol. The number of esters is 2. The quantitative estimate of drug-likeness (QED) is 0.351. The van der Waals surface area contributed by atoms with Gasteiger partial charge in [0.25, 0.3) is 5.91 Å². The van der Waals surface area contributed by atoms with Crippen LogP contribution in [-0.4, -0.2) is 58.7 Å². The molecule has 1 aliphatic rings. The largest absolute Gasteiger partial charge is 0.458 e. The molecule has 41 heavy (non-hydrogen) atoms. The number of rotatable bonds is 5. The first-order chi connectivity index (χ1) is 18.8. The third-order valence-electron chi connectivity index (χ3n) is 5.70. The smallest absolute Gasteiger partial charge is 0.416 e. The second-order valence-corrected chi connectivity index (χ2v) is 11.6. The molecule has 1 aliphatic heterocycles. The summed E-state index contributed by atoms with van der Waals surface area (Å²) in [6.07, 6.45) is -6.05. The van der Waals surface area contributed by atoms with E-state index in [0.717, 1.165) is 24.3 Å². The number of alkyl halides is 3. The van der Waals surface area contributed by atoms with Crippen LogP contribution in [0.3, 0.4) is 0 Å². The molecule has 1 heterocycles. The summed E-state index contributed by atoms with van der Waals surface area (Å²) >= 11 is 0. The average Bonchev–Trinajstić information content (AvgIpc) is 3.26. The standard InChI is InChI=1S/C29H33F3N2O7/c1-27(2,3)40-25(37)22-15-21(16-34(22)26(38)41-28(4,5)6)39-24(36)18-9-13-20(14-10-18)33-23(35)17-7-11-19(12-8-17)29(30,31)32/h7-14,21-22H,15-16H2,1-6H3,(H,33,35)/t21-,22-/m0/s1. The molecule has 2 aromatic rings. The molecular formula is C29H33F3N2O7. The average molecular weight is 579 g/mol. The second kappa shape index (κ2) is 11.8. The summed E-state index contributed by atoms with van der Waals surface area (Å²) in [5.41, 5.74) is -2.01. The molecule has 0 aliphatic carbocycles. The first kappa shape index (κ1) is 31.4. The Bertz CT molecular complexity index is 1240. The highest BCUT2D eigenvalue weighted by molar-refractivity contribution is 6.04. The lowest BCUT2D eigenvalue weighted by Crippen LogP contribution is -2.45. The van der Waals surface area contributed by atoms with E-state index in [1.807, 2.05) is 0 Å². The summed E-state index contributed by atoms with van der Waals surface area (Å²) in [4.78, 5) is 52.1. The van der Waals surface area contributed by atoms with Crippen molar-refractivity contribution in [2.24, 2.45) is 0 Å². The van der Waals surface area contributed by atoms with Crippen LogP contribution < -0.4 is 5.32 Å². The van der Waals surface area contributed by atoms with Crippen LogP contribution in [0.1, 0.15) is 74.2 Å². The molecule has 1 N–H and O–H groups in total. The molecule has 12 heteroatoms. The minimum atomic E-state index is -4.51. The van der Waals surface area contributed by atoms with Crippen LogP contribution in [0.5, 0.6) is 0 Å². The van der Waals surface area contributed by atoms with E-state index in [2.05, 4.69) is 5.32 Å². The highest BCUT2D eigenvalue weighted by Crippen LogP contribution is 2.29. The molecule has 2 aromatic carbocycles. The molecular weight excluding hydrogens is 545 g/mol. The van der Waals surface area contributed by atoms with E-state index in [9.17, 15) is 32.3 Å². The molecule has 222 valence electrons. The zero-order valence-electron chi connectivity index (χ0n) is 23.6. The summed E-state index contributed by atoms with van der Waals surface area (Å²) in [7, 11) is 0. The van der Waals surface area contributed by atoms with Crippen molar-refractivity contribution < 1.29 is 46.6 Å². The number of nitrogens with zero attached hydrogens (tertiary/aromatic N) is 1. The molecule has 1 fully saturated rings. The van der Waals surface area contributed by atoms with Crippen LogP contribution in [0.4, 0.5) is 23.7 Å². The summed E-state index contributed by atoms with van der Waals surface area (Å²) in [5, 5.41) is 2.55. The van der Waals surface area contributed by atoms with Crippen LogP contribution in [0.25, 0.3) is 0 Å². The van der Waals surface area contributed by atoms with Crippen molar-refractivity contribution in [3.05, 3.63) is 65.2 Å². The van der Waals surface area contributed by atoms with Gasteiger partial charge in [-0.1, -0.05) is 0 Å². The lowest BCUT2D eigenvalue weighted by Gasteiger charge is -2.29. The Labute approximate surface area is 235 Å². The first-order valence-corrected chi connectivity index (χ1v) is 12.8. The summed E-state index contributed by atoms with van der Waals surface area (Å²) in [6.45, 7) is 10.1. The number of hydrogen-bond donors (Lipinski definition) is 1. The molecule has 0 bridgehead atoms. The van der Waals surface area contributed by atoms with Gasteiger partial charge in [0.2, 0.25) is 0 Å². The van der Waals surface area contributed by atoms with E-state index in [4.69, 9.17) is 14.2 Å². The number of likely N-dealkylation sites (tertiary alicyclic amines) is 1.